The molecule has 3 aromatic rings. The molecule has 2 unspecified atom stereocenters. The molecule has 0 radical (unpaired) electrons. The predicted molar refractivity (Wildman–Crippen MR) is 83.1 cm³/mol. The van der Waals surface area contributed by atoms with Gasteiger partial charge in [0.15, 0.2) is 0 Å². The van der Waals surface area contributed by atoms with Crippen molar-refractivity contribution in [3.05, 3.63) is 48.2 Å². The van der Waals surface area contributed by atoms with Gasteiger partial charge in [0.1, 0.15) is 22.9 Å². The van der Waals surface area contributed by atoms with Crippen molar-refractivity contribution in [3.8, 4) is 5.75 Å². The van der Waals surface area contributed by atoms with E-state index in [9.17, 15) is 0 Å². The zero-order valence-corrected chi connectivity index (χ0v) is 13.0. The van der Waals surface area contributed by atoms with E-state index in [2.05, 4.69) is 16.5 Å². The molecule has 0 saturated carbocycles. The molecule has 2 aromatic heterocycles. The topological polar surface area (TPSA) is 40.2 Å². The van der Waals surface area contributed by atoms with Gasteiger partial charge in [-0.2, -0.15) is 0 Å². The van der Waals surface area contributed by atoms with Crippen LogP contribution in [0.25, 0.3) is 11.0 Å². The van der Waals surface area contributed by atoms with Gasteiger partial charge in [0.05, 0.1) is 30.3 Å². The number of nitrogens with zero attached hydrogens (tertiary/aromatic N) is 2. The molecule has 0 N–H and O–H groups in total. The number of hydrogen-bond donors (Lipinski definition) is 0. The van der Waals surface area contributed by atoms with Gasteiger partial charge in [-0.15, -0.1) is 11.6 Å². The molecule has 0 saturated heterocycles. The summed E-state index contributed by atoms with van der Waals surface area (Å²) in [6, 6.07) is 9.73. The van der Waals surface area contributed by atoms with Crippen LogP contribution < -0.4 is 4.74 Å². The fourth-order valence-electron chi connectivity index (χ4n) is 2.62. The molecule has 0 bridgehead atoms. The Labute approximate surface area is 128 Å². The highest BCUT2D eigenvalue weighted by Crippen LogP contribution is 2.34. The summed E-state index contributed by atoms with van der Waals surface area (Å²) in [6.07, 6.45) is 1.68. The van der Waals surface area contributed by atoms with Crippen LogP contribution in [0.2, 0.25) is 0 Å². The molecule has 0 aliphatic rings. The van der Waals surface area contributed by atoms with Crippen LogP contribution in [-0.4, -0.2) is 16.7 Å². The van der Waals surface area contributed by atoms with E-state index < -0.39 is 0 Å². The van der Waals surface area contributed by atoms with E-state index in [-0.39, 0.29) is 11.4 Å². The number of methoxy groups -OCH3 is 1. The van der Waals surface area contributed by atoms with Gasteiger partial charge in [0.25, 0.3) is 0 Å². The first-order chi connectivity index (χ1) is 10.1. The van der Waals surface area contributed by atoms with Crippen molar-refractivity contribution >= 4 is 22.6 Å². The van der Waals surface area contributed by atoms with Gasteiger partial charge in [0, 0.05) is 0 Å². The minimum atomic E-state index is -0.209. The first-order valence-electron chi connectivity index (χ1n) is 6.85. The van der Waals surface area contributed by atoms with Crippen LogP contribution >= 0.6 is 11.6 Å². The van der Waals surface area contributed by atoms with Gasteiger partial charge in [0.2, 0.25) is 0 Å². The van der Waals surface area contributed by atoms with E-state index in [1.165, 1.54) is 0 Å². The second kappa shape index (κ2) is 5.45. The van der Waals surface area contributed by atoms with Gasteiger partial charge in [-0.1, -0.05) is 6.07 Å². The van der Waals surface area contributed by atoms with E-state index in [4.69, 9.17) is 20.8 Å². The number of hydrogen-bond acceptors (Lipinski definition) is 3. The van der Waals surface area contributed by atoms with Crippen LogP contribution in [0.1, 0.15) is 36.9 Å². The second-order valence-electron chi connectivity index (χ2n) is 4.98. The fourth-order valence-corrected chi connectivity index (χ4v) is 2.77. The average Bonchev–Trinajstić information content (AvgIpc) is 3.13. The number of fused-ring (bicyclic) bond motifs is 1. The third kappa shape index (κ3) is 2.29. The molecule has 4 nitrogen and oxygen atoms in total. The van der Waals surface area contributed by atoms with E-state index in [0.717, 1.165) is 28.4 Å². The van der Waals surface area contributed by atoms with Gasteiger partial charge in [-0.3, -0.25) is 0 Å². The number of furan rings is 1. The Morgan fingerprint density at radius 2 is 2.05 bits per heavy atom. The van der Waals surface area contributed by atoms with Gasteiger partial charge >= 0.3 is 0 Å². The average molecular weight is 305 g/mol. The SMILES string of the molecule is COc1cccc2c1nc(C(C)Cl)n2C(C)c1ccco1. The fraction of sp³-hybridized carbons (Fsp3) is 0.312. The van der Waals surface area contributed by atoms with Crippen LogP contribution in [-0.2, 0) is 0 Å². The zero-order chi connectivity index (χ0) is 15.0. The summed E-state index contributed by atoms with van der Waals surface area (Å²) in [6.45, 7) is 3.99. The molecule has 0 fully saturated rings. The van der Waals surface area contributed by atoms with Crippen molar-refractivity contribution in [1.82, 2.24) is 9.55 Å². The standard InChI is InChI=1S/C16H17ClN2O2/c1-10(17)16-18-15-12(6-4-7-14(15)20-3)19(16)11(2)13-8-5-9-21-13/h4-11H,1-3H3. The lowest BCUT2D eigenvalue weighted by atomic mass is 10.2. The maximum Gasteiger partial charge on any atom is 0.146 e. The highest BCUT2D eigenvalue weighted by atomic mass is 35.5. The lowest BCUT2D eigenvalue weighted by molar-refractivity contribution is 0.419. The number of ether oxygens (including phenoxy) is 1. The minimum absolute atomic E-state index is 0.00769. The van der Waals surface area contributed by atoms with Crippen molar-refractivity contribution in [2.75, 3.05) is 7.11 Å². The van der Waals surface area contributed by atoms with Crippen LogP contribution in [0.4, 0.5) is 0 Å². The van der Waals surface area contributed by atoms with Gasteiger partial charge in [-0.05, 0) is 38.1 Å². The van der Waals surface area contributed by atoms with Gasteiger partial charge in [-0.25, -0.2) is 4.98 Å². The number of aromatic nitrogens is 2. The Morgan fingerprint density at radius 1 is 1.24 bits per heavy atom. The van der Waals surface area contributed by atoms with E-state index >= 15 is 0 Å². The molecule has 3 rings (SSSR count). The maximum absolute atomic E-state index is 6.33. The molecule has 1 aromatic carbocycles. The molecule has 110 valence electrons. The molecule has 0 spiro atoms. The summed E-state index contributed by atoms with van der Waals surface area (Å²) >= 11 is 6.33. The number of halogens is 1. The molecular weight excluding hydrogens is 288 g/mol. The maximum atomic E-state index is 6.33. The Balaban J connectivity index is 2.26. The van der Waals surface area contributed by atoms with Crippen molar-refractivity contribution in [2.24, 2.45) is 0 Å². The van der Waals surface area contributed by atoms with Crippen molar-refractivity contribution in [2.45, 2.75) is 25.3 Å². The van der Waals surface area contributed by atoms with Crippen LogP contribution in [0, 0.1) is 0 Å². The molecule has 5 heteroatoms. The number of benzene rings is 1. The zero-order valence-electron chi connectivity index (χ0n) is 12.2. The van der Waals surface area contributed by atoms with E-state index in [0.29, 0.717) is 0 Å². The third-order valence-corrected chi connectivity index (χ3v) is 3.82. The predicted octanol–water partition coefficient (Wildman–Crippen LogP) is 4.55. The molecule has 2 atom stereocenters. The molecular formula is C16H17ClN2O2. The summed E-state index contributed by atoms with van der Waals surface area (Å²) in [7, 11) is 1.65. The number of rotatable bonds is 4. The summed E-state index contributed by atoms with van der Waals surface area (Å²) in [5.74, 6) is 2.42. The Morgan fingerprint density at radius 3 is 2.67 bits per heavy atom. The molecule has 2 heterocycles. The quantitative estimate of drug-likeness (QED) is 0.664. The lowest BCUT2D eigenvalue weighted by Gasteiger charge is -2.16. The van der Waals surface area contributed by atoms with Gasteiger partial charge < -0.3 is 13.7 Å². The third-order valence-electron chi connectivity index (χ3n) is 3.63. The first kappa shape index (κ1) is 14.0. The van der Waals surface area contributed by atoms with Crippen LogP contribution in [0.5, 0.6) is 5.75 Å². The van der Waals surface area contributed by atoms with Crippen LogP contribution in [0.15, 0.2) is 41.0 Å². The summed E-state index contributed by atoms with van der Waals surface area (Å²) in [4.78, 5) is 4.68. The molecule has 0 aliphatic heterocycles. The minimum Gasteiger partial charge on any atom is -0.494 e. The second-order valence-corrected chi connectivity index (χ2v) is 5.63. The lowest BCUT2D eigenvalue weighted by Crippen LogP contribution is -2.10. The monoisotopic (exact) mass is 304 g/mol. The Hall–Kier alpha value is -1.94. The highest BCUT2D eigenvalue weighted by molar-refractivity contribution is 6.20. The van der Waals surface area contributed by atoms with Crippen molar-refractivity contribution < 1.29 is 9.15 Å². The van der Waals surface area contributed by atoms with Crippen LogP contribution in [0.3, 0.4) is 0 Å². The summed E-state index contributed by atoms with van der Waals surface area (Å²) in [5, 5.41) is -0.209. The smallest absolute Gasteiger partial charge is 0.146 e. The number of para-hydroxylation sites is 1. The van der Waals surface area contributed by atoms with E-state index in [1.807, 2.05) is 37.3 Å². The van der Waals surface area contributed by atoms with E-state index in [1.54, 1.807) is 13.4 Å². The molecule has 0 amide bonds. The number of alkyl halides is 1. The Kier molecular flexibility index (Phi) is 3.64. The summed E-state index contributed by atoms with van der Waals surface area (Å²) in [5.41, 5.74) is 1.81. The number of imidazole rings is 1. The largest absolute Gasteiger partial charge is 0.494 e. The summed E-state index contributed by atoms with van der Waals surface area (Å²) < 4.78 is 13.0. The molecule has 21 heavy (non-hydrogen) atoms. The first-order valence-corrected chi connectivity index (χ1v) is 7.29. The van der Waals surface area contributed by atoms with Crippen molar-refractivity contribution in [3.63, 3.8) is 0 Å². The highest BCUT2D eigenvalue weighted by Gasteiger charge is 2.23. The molecule has 0 aliphatic carbocycles. The normalized spacial score (nSPS) is 14.3. The Bertz CT molecular complexity index is 747. The van der Waals surface area contributed by atoms with Crippen molar-refractivity contribution in [1.29, 1.82) is 0 Å².